The maximum absolute atomic E-state index is 12.8. The zero-order valence-corrected chi connectivity index (χ0v) is 17.5. The lowest BCUT2D eigenvalue weighted by molar-refractivity contribution is -0.132. The molecule has 0 radical (unpaired) electrons. The fraction of sp³-hybridized carbons (Fsp3) is 0.778. The van der Waals surface area contributed by atoms with E-state index in [1.165, 1.54) is 11.8 Å². The molecule has 0 aromatic rings. The number of ketones is 1. The van der Waals surface area contributed by atoms with Crippen LogP contribution in [0.2, 0.25) is 19.6 Å². The van der Waals surface area contributed by atoms with E-state index in [0.717, 1.165) is 6.42 Å². The molecule has 0 saturated carbocycles. The molecule has 5 heteroatoms. The minimum absolute atomic E-state index is 0.0202. The van der Waals surface area contributed by atoms with Gasteiger partial charge in [-0.3, -0.25) is 9.59 Å². The van der Waals surface area contributed by atoms with Gasteiger partial charge in [-0.1, -0.05) is 39.8 Å². The molecule has 1 aliphatic rings. The molecular formula is C18H32O3SSi. The van der Waals surface area contributed by atoms with Crippen LogP contribution in [0.3, 0.4) is 0 Å². The van der Waals surface area contributed by atoms with E-state index in [0.29, 0.717) is 23.9 Å². The van der Waals surface area contributed by atoms with Gasteiger partial charge in [0.1, 0.15) is 5.78 Å². The molecule has 3 nitrogen and oxygen atoms in total. The van der Waals surface area contributed by atoms with Gasteiger partial charge in [-0.15, -0.1) is 11.8 Å². The second-order valence-electron chi connectivity index (χ2n) is 8.34. The standard InChI is InChI=1S/C18H32O3SSi/c1-13-9-8-10-18(3,4)17(13)15(19)11-14(2)22-12-16(20)21-23(5,6)7/h8-9,13-14,17H,10-12H2,1-7H3. The molecule has 3 unspecified atom stereocenters. The van der Waals surface area contributed by atoms with Gasteiger partial charge in [0.15, 0.2) is 0 Å². The van der Waals surface area contributed by atoms with Crippen molar-refractivity contribution < 1.29 is 14.0 Å². The number of carbonyl (C=O) groups excluding carboxylic acids is 2. The Kier molecular flexibility index (Phi) is 7.14. The van der Waals surface area contributed by atoms with Crippen molar-refractivity contribution in [2.75, 3.05) is 5.75 Å². The fourth-order valence-electron chi connectivity index (χ4n) is 3.32. The molecular weight excluding hydrogens is 324 g/mol. The molecule has 0 fully saturated rings. The van der Waals surface area contributed by atoms with E-state index in [9.17, 15) is 9.59 Å². The van der Waals surface area contributed by atoms with E-state index in [4.69, 9.17) is 4.43 Å². The van der Waals surface area contributed by atoms with Crippen molar-refractivity contribution in [1.29, 1.82) is 0 Å². The SMILES string of the molecule is CC(CC(=O)C1C(C)C=CCC1(C)C)SCC(=O)O[Si](C)(C)C. The first-order valence-corrected chi connectivity index (χ1v) is 12.9. The van der Waals surface area contributed by atoms with Crippen LogP contribution in [0.4, 0.5) is 0 Å². The van der Waals surface area contributed by atoms with Crippen LogP contribution < -0.4 is 0 Å². The second-order valence-corrected chi connectivity index (χ2v) is 14.2. The summed E-state index contributed by atoms with van der Waals surface area (Å²) < 4.78 is 5.44. The summed E-state index contributed by atoms with van der Waals surface area (Å²) in [7, 11) is -1.82. The Balaban J connectivity index is 2.50. The summed E-state index contributed by atoms with van der Waals surface area (Å²) in [5.41, 5.74) is 0.0202. The summed E-state index contributed by atoms with van der Waals surface area (Å²) in [5, 5.41) is 0.144. The highest BCUT2D eigenvalue weighted by atomic mass is 32.2. The molecule has 0 heterocycles. The summed E-state index contributed by atoms with van der Waals surface area (Å²) in [5.74, 6) is 0.875. The van der Waals surface area contributed by atoms with Crippen LogP contribution in [-0.2, 0) is 14.0 Å². The number of thioether (sulfide) groups is 1. The van der Waals surface area contributed by atoms with Gasteiger partial charge in [0.2, 0.25) is 8.32 Å². The first kappa shape index (κ1) is 20.5. The van der Waals surface area contributed by atoms with E-state index in [2.05, 4.69) is 32.9 Å². The molecule has 23 heavy (non-hydrogen) atoms. The van der Waals surface area contributed by atoms with E-state index in [1.54, 1.807) is 0 Å². The number of allylic oxidation sites excluding steroid dienone is 2. The van der Waals surface area contributed by atoms with E-state index < -0.39 is 8.32 Å². The van der Waals surface area contributed by atoms with Gasteiger partial charge in [-0.2, -0.15) is 0 Å². The Labute approximate surface area is 146 Å². The molecule has 0 aromatic heterocycles. The monoisotopic (exact) mass is 356 g/mol. The number of rotatable bonds is 7. The number of carbonyl (C=O) groups is 2. The van der Waals surface area contributed by atoms with Crippen LogP contribution in [0.15, 0.2) is 12.2 Å². The van der Waals surface area contributed by atoms with Gasteiger partial charge in [0.05, 0.1) is 5.75 Å². The molecule has 0 aliphatic heterocycles. The summed E-state index contributed by atoms with van der Waals surface area (Å²) in [6, 6.07) is 0. The quantitative estimate of drug-likeness (QED) is 0.490. The first-order valence-electron chi connectivity index (χ1n) is 8.45. The van der Waals surface area contributed by atoms with Crippen LogP contribution in [0.5, 0.6) is 0 Å². The molecule has 0 bridgehead atoms. The summed E-state index contributed by atoms with van der Waals surface area (Å²) in [4.78, 5) is 24.6. The predicted octanol–water partition coefficient (Wildman–Crippen LogP) is 4.68. The van der Waals surface area contributed by atoms with Crippen LogP contribution in [0.1, 0.15) is 40.5 Å². The van der Waals surface area contributed by atoms with Gasteiger partial charge in [0.25, 0.3) is 0 Å². The van der Waals surface area contributed by atoms with Crippen molar-refractivity contribution >= 4 is 31.8 Å². The van der Waals surface area contributed by atoms with Crippen molar-refractivity contribution in [2.45, 2.75) is 65.4 Å². The molecule has 0 amide bonds. The van der Waals surface area contributed by atoms with E-state index in [1.807, 2.05) is 26.6 Å². The lowest BCUT2D eigenvalue weighted by Crippen LogP contribution is -2.38. The minimum atomic E-state index is -1.82. The van der Waals surface area contributed by atoms with Crippen molar-refractivity contribution in [2.24, 2.45) is 17.3 Å². The zero-order valence-electron chi connectivity index (χ0n) is 15.6. The van der Waals surface area contributed by atoms with Gasteiger partial charge < -0.3 is 4.43 Å². The molecule has 0 saturated heterocycles. The van der Waals surface area contributed by atoms with Crippen molar-refractivity contribution in [3.8, 4) is 0 Å². The lowest BCUT2D eigenvalue weighted by Gasteiger charge is -2.39. The van der Waals surface area contributed by atoms with Gasteiger partial charge in [-0.25, -0.2) is 0 Å². The normalized spacial score (nSPS) is 25.0. The Morgan fingerprint density at radius 1 is 1.35 bits per heavy atom. The topological polar surface area (TPSA) is 43.4 Å². The number of Topliss-reactive ketones (excluding diaryl/α,β-unsaturated/α-hetero) is 1. The molecule has 0 aromatic carbocycles. The van der Waals surface area contributed by atoms with Crippen LogP contribution >= 0.6 is 11.8 Å². The highest BCUT2D eigenvalue weighted by molar-refractivity contribution is 8.00. The lowest BCUT2D eigenvalue weighted by atomic mass is 9.65. The third-order valence-corrected chi connectivity index (χ3v) is 6.17. The van der Waals surface area contributed by atoms with Gasteiger partial charge in [-0.05, 0) is 37.4 Å². The first-order chi connectivity index (χ1) is 10.4. The highest BCUT2D eigenvalue weighted by Gasteiger charge is 2.39. The molecule has 1 rings (SSSR count). The Morgan fingerprint density at radius 2 is 1.96 bits per heavy atom. The minimum Gasteiger partial charge on any atom is -0.519 e. The van der Waals surface area contributed by atoms with E-state index in [-0.39, 0.29) is 22.6 Å². The van der Waals surface area contributed by atoms with Crippen LogP contribution in [0, 0.1) is 17.3 Å². The van der Waals surface area contributed by atoms with Gasteiger partial charge in [0, 0.05) is 17.6 Å². The summed E-state index contributed by atoms with van der Waals surface area (Å²) in [6.07, 6.45) is 5.84. The fourth-order valence-corrected chi connectivity index (χ4v) is 4.94. The number of hydrogen-bond donors (Lipinski definition) is 0. The van der Waals surface area contributed by atoms with Gasteiger partial charge >= 0.3 is 5.97 Å². The molecule has 3 atom stereocenters. The average molecular weight is 357 g/mol. The molecule has 1 aliphatic carbocycles. The average Bonchev–Trinajstić information content (AvgIpc) is 2.32. The molecule has 0 N–H and O–H groups in total. The number of hydrogen-bond acceptors (Lipinski definition) is 4. The highest BCUT2D eigenvalue weighted by Crippen LogP contribution is 2.42. The maximum Gasteiger partial charge on any atom is 0.302 e. The zero-order chi connectivity index (χ0) is 17.8. The van der Waals surface area contributed by atoms with Crippen LogP contribution in [0.25, 0.3) is 0 Å². The Hall–Kier alpha value is -0.553. The second kappa shape index (κ2) is 8.02. The Morgan fingerprint density at radius 3 is 2.48 bits per heavy atom. The van der Waals surface area contributed by atoms with Crippen LogP contribution in [-0.4, -0.2) is 31.1 Å². The largest absolute Gasteiger partial charge is 0.519 e. The third-order valence-electron chi connectivity index (χ3n) is 4.19. The summed E-state index contributed by atoms with van der Waals surface area (Å²) in [6.45, 7) is 14.5. The van der Waals surface area contributed by atoms with Crippen molar-refractivity contribution in [3.63, 3.8) is 0 Å². The molecule has 132 valence electrons. The third kappa shape index (κ3) is 6.84. The van der Waals surface area contributed by atoms with Crippen molar-refractivity contribution in [1.82, 2.24) is 0 Å². The molecule has 0 spiro atoms. The Bertz CT molecular complexity index is 465. The van der Waals surface area contributed by atoms with Crippen molar-refractivity contribution in [3.05, 3.63) is 12.2 Å². The smallest absolute Gasteiger partial charge is 0.302 e. The predicted molar refractivity (Wildman–Crippen MR) is 101 cm³/mol. The van der Waals surface area contributed by atoms with E-state index >= 15 is 0 Å². The maximum atomic E-state index is 12.8. The summed E-state index contributed by atoms with van der Waals surface area (Å²) >= 11 is 1.53.